The topological polar surface area (TPSA) is 41.1 Å². The molecule has 1 aromatic carbocycles. The van der Waals surface area contributed by atoms with Crippen LogP contribution in [0, 0.1) is 11.6 Å². The molecule has 0 aromatic heterocycles. The highest BCUT2D eigenvalue weighted by molar-refractivity contribution is 5.85. The van der Waals surface area contributed by atoms with Gasteiger partial charge in [-0.15, -0.1) is 12.4 Å². The van der Waals surface area contributed by atoms with Crippen LogP contribution in [-0.2, 0) is 4.79 Å². The molecule has 0 saturated carbocycles. The van der Waals surface area contributed by atoms with Crippen LogP contribution in [0.3, 0.4) is 0 Å². The van der Waals surface area contributed by atoms with E-state index in [1.54, 1.807) is 6.92 Å². The summed E-state index contributed by atoms with van der Waals surface area (Å²) < 4.78 is 26.0. The van der Waals surface area contributed by atoms with E-state index in [-0.39, 0.29) is 24.4 Å². The van der Waals surface area contributed by atoms with Crippen LogP contribution in [-0.4, -0.2) is 25.0 Å². The predicted octanol–water partition coefficient (Wildman–Crippen LogP) is 2.36. The number of benzene rings is 1. The molecule has 0 bridgehead atoms. The smallest absolute Gasteiger partial charge is 0.227 e. The lowest BCUT2D eigenvalue weighted by Crippen LogP contribution is -2.46. The lowest BCUT2D eigenvalue weighted by atomic mass is 9.99. The van der Waals surface area contributed by atoms with Gasteiger partial charge in [-0.1, -0.05) is 6.07 Å². The quantitative estimate of drug-likeness (QED) is 0.900. The Labute approximate surface area is 123 Å². The molecule has 3 nitrogen and oxygen atoms in total. The van der Waals surface area contributed by atoms with Crippen LogP contribution in [0.25, 0.3) is 0 Å². The van der Waals surface area contributed by atoms with Gasteiger partial charge in [-0.3, -0.25) is 4.79 Å². The van der Waals surface area contributed by atoms with Gasteiger partial charge in [0.1, 0.15) is 0 Å². The molecule has 0 aliphatic carbocycles. The number of carbonyl (C=O) groups is 1. The van der Waals surface area contributed by atoms with Gasteiger partial charge in [0.25, 0.3) is 0 Å². The summed E-state index contributed by atoms with van der Waals surface area (Å²) in [6.45, 7) is 3.43. The second-order valence-corrected chi connectivity index (χ2v) is 4.95. The maximum atomic E-state index is 13.1. The zero-order chi connectivity index (χ0) is 13.8. The van der Waals surface area contributed by atoms with Crippen molar-refractivity contribution in [3.05, 3.63) is 35.4 Å². The Morgan fingerprint density at radius 3 is 2.75 bits per heavy atom. The van der Waals surface area contributed by atoms with Gasteiger partial charge >= 0.3 is 0 Å². The number of carbonyl (C=O) groups excluding carboxylic acids is 1. The molecule has 2 rings (SSSR count). The monoisotopic (exact) mass is 304 g/mol. The fourth-order valence-electron chi connectivity index (χ4n) is 2.23. The van der Waals surface area contributed by atoms with Crippen molar-refractivity contribution in [1.82, 2.24) is 10.6 Å². The molecular formula is C14H19ClF2N2O. The van der Waals surface area contributed by atoms with Crippen LogP contribution < -0.4 is 10.6 Å². The van der Waals surface area contributed by atoms with E-state index < -0.39 is 17.6 Å². The van der Waals surface area contributed by atoms with E-state index in [0.717, 1.165) is 38.1 Å². The van der Waals surface area contributed by atoms with Crippen LogP contribution in [0.2, 0.25) is 0 Å². The molecule has 1 unspecified atom stereocenters. The van der Waals surface area contributed by atoms with Crippen molar-refractivity contribution in [2.45, 2.75) is 31.7 Å². The van der Waals surface area contributed by atoms with E-state index in [0.29, 0.717) is 5.56 Å². The summed E-state index contributed by atoms with van der Waals surface area (Å²) in [6.07, 6.45) is 1.98. The molecular weight excluding hydrogens is 286 g/mol. The summed E-state index contributed by atoms with van der Waals surface area (Å²) in [5, 5.41) is 6.14. The molecule has 1 fully saturated rings. The first-order valence-electron chi connectivity index (χ1n) is 6.54. The van der Waals surface area contributed by atoms with E-state index in [1.165, 1.54) is 6.07 Å². The maximum Gasteiger partial charge on any atom is 0.227 e. The minimum absolute atomic E-state index is 0. The van der Waals surface area contributed by atoms with Gasteiger partial charge in [0.2, 0.25) is 5.91 Å². The number of amides is 1. The van der Waals surface area contributed by atoms with Crippen molar-refractivity contribution in [3.63, 3.8) is 0 Å². The van der Waals surface area contributed by atoms with Crippen LogP contribution in [0.1, 0.15) is 31.2 Å². The van der Waals surface area contributed by atoms with Gasteiger partial charge < -0.3 is 10.6 Å². The normalized spacial score (nSPS) is 19.9. The van der Waals surface area contributed by atoms with Crippen molar-refractivity contribution in [2.75, 3.05) is 13.1 Å². The molecule has 1 aliphatic rings. The zero-order valence-corrected chi connectivity index (χ0v) is 12.1. The van der Waals surface area contributed by atoms with Gasteiger partial charge in [0.05, 0.1) is 5.92 Å². The highest BCUT2D eigenvalue weighted by Crippen LogP contribution is 2.18. The number of hydrogen-bond acceptors (Lipinski definition) is 2. The fraction of sp³-hybridized carbons (Fsp3) is 0.500. The highest BCUT2D eigenvalue weighted by Gasteiger charge is 2.21. The molecule has 1 heterocycles. The summed E-state index contributed by atoms with van der Waals surface area (Å²) in [4.78, 5) is 12.1. The molecule has 1 saturated heterocycles. The van der Waals surface area contributed by atoms with Crippen LogP contribution >= 0.6 is 12.4 Å². The van der Waals surface area contributed by atoms with Crippen molar-refractivity contribution >= 4 is 18.3 Å². The highest BCUT2D eigenvalue weighted by atomic mass is 35.5. The Kier molecular flexibility index (Phi) is 6.36. The summed E-state index contributed by atoms with van der Waals surface area (Å²) in [7, 11) is 0. The first-order valence-corrected chi connectivity index (χ1v) is 6.54. The molecule has 1 aromatic rings. The van der Waals surface area contributed by atoms with Crippen molar-refractivity contribution in [2.24, 2.45) is 0 Å². The maximum absolute atomic E-state index is 13.1. The van der Waals surface area contributed by atoms with E-state index in [1.807, 2.05) is 0 Å². The second kappa shape index (κ2) is 7.55. The number of piperidine rings is 1. The molecule has 1 aliphatic heterocycles. The van der Waals surface area contributed by atoms with Crippen LogP contribution in [0.4, 0.5) is 8.78 Å². The largest absolute Gasteiger partial charge is 0.352 e. The SMILES string of the molecule is CC(C(=O)N[C@H]1CCCNC1)c1ccc(F)c(F)c1.Cl. The van der Waals surface area contributed by atoms with Crippen molar-refractivity contribution < 1.29 is 13.6 Å². The van der Waals surface area contributed by atoms with Gasteiger partial charge in [-0.25, -0.2) is 8.78 Å². The summed E-state index contributed by atoms with van der Waals surface area (Å²) in [5.41, 5.74) is 0.486. The first kappa shape index (κ1) is 16.9. The number of hydrogen-bond donors (Lipinski definition) is 2. The van der Waals surface area contributed by atoms with Gasteiger partial charge in [-0.05, 0) is 44.0 Å². The van der Waals surface area contributed by atoms with Gasteiger partial charge in [0.15, 0.2) is 11.6 Å². The van der Waals surface area contributed by atoms with Crippen LogP contribution in [0.5, 0.6) is 0 Å². The first-order chi connectivity index (χ1) is 9.08. The molecule has 2 atom stereocenters. The van der Waals surface area contributed by atoms with Gasteiger partial charge in [0, 0.05) is 12.6 Å². The molecule has 6 heteroatoms. The van der Waals surface area contributed by atoms with Crippen LogP contribution in [0.15, 0.2) is 18.2 Å². The third-order valence-corrected chi connectivity index (χ3v) is 3.48. The number of rotatable bonds is 3. The molecule has 112 valence electrons. The Hall–Kier alpha value is -1.20. The third-order valence-electron chi connectivity index (χ3n) is 3.48. The van der Waals surface area contributed by atoms with E-state index in [2.05, 4.69) is 10.6 Å². The molecule has 0 spiro atoms. The van der Waals surface area contributed by atoms with E-state index >= 15 is 0 Å². The van der Waals surface area contributed by atoms with Crippen molar-refractivity contribution in [3.8, 4) is 0 Å². The lowest BCUT2D eigenvalue weighted by molar-refractivity contribution is -0.123. The number of halogens is 3. The molecule has 0 radical (unpaired) electrons. The second-order valence-electron chi connectivity index (χ2n) is 4.95. The van der Waals surface area contributed by atoms with Gasteiger partial charge in [-0.2, -0.15) is 0 Å². The molecule has 2 N–H and O–H groups in total. The minimum atomic E-state index is -0.920. The summed E-state index contributed by atoms with van der Waals surface area (Å²) in [6, 6.07) is 3.70. The molecule has 20 heavy (non-hydrogen) atoms. The lowest BCUT2D eigenvalue weighted by Gasteiger charge is -2.25. The minimum Gasteiger partial charge on any atom is -0.352 e. The predicted molar refractivity (Wildman–Crippen MR) is 76.1 cm³/mol. The Morgan fingerprint density at radius 2 is 2.15 bits per heavy atom. The molecule has 1 amide bonds. The average molecular weight is 305 g/mol. The Bertz CT molecular complexity index is 464. The fourth-order valence-corrected chi connectivity index (χ4v) is 2.23. The van der Waals surface area contributed by atoms with E-state index in [9.17, 15) is 13.6 Å². The van der Waals surface area contributed by atoms with Crippen molar-refractivity contribution in [1.29, 1.82) is 0 Å². The Morgan fingerprint density at radius 1 is 1.40 bits per heavy atom. The summed E-state index contributed by atoms with van der Waals surface area (Å²) >= 11 is 0. The number of nitrogens with one attached hydrogen (secondary N) is 2. The standard InChI is InChI=1S/C14H18F2N2O.ClH/c1-9(10-4-5-12(15)13(16)7-10)14(19)18-11-3-2-6-17-8-11;/h4-5,7,9,11,17H,2-3,6,8H2,1H3,(H,18,19);1H/t9?,11-;/m0./s1. The van der Waals surface area contributed by atoms with E-state index in [4.69, 9.17) is 0 Å². The summed E-state index contributed by atoms with van der Waals surface area (Å²) in [5.74, 6) is -2.46. The Balaban J connectivity index is 0.00000200. The average Bonchev–Trinajstić information content (AvgIpc) is 2.42. The zero-order valence-electron chi connectivity index (χ0n) is 11.3. The third kappa shape index (κ3) is 4.15.